The molecule has 4 aromatic rings. The van der Waals surface area contributed by atoms with Gasteiger partial charge in [-0.05, 0) is 42.1 Å². The second-order valence-electron chi connectivity index (χ2n) is 8.00. The van der Waals surface area contributed by atoms with E-state index in [-0.39, 0.29) is 34.5 Å². The van der Waals surface area contributed by atoms with Crippen LogP contribution in [0.15, 0.2) is 80.5 Å². The number of nitrogens with one attached hydrogen (secondary N) is 3. The van der Waals surface area contributed by atoms with Crippen molar-refractivity contribution in [3.8, 4) is 0 Å². The molecular formula is C25H23N3O7S2. The van der Waals surface area contributed by atoms with Crippen LogP contribution in [0.25, 0.3) is 10.9 Å². The number of hydrogen-bond acceptors (Lipinski definition) is 9. The first kappa shape index (κ1) is 26.2. The molecule has 2 heterocycles. The number of hydrogen-bond donors (Lipinski definition) is 3. The van der Waals surface area contributed by atoms with Crippen molar-refractivity contribution in [1.82, 2.24) is 15.3 Å². The lowest BCUT2D eigenvalue weighted by molar-refractivity contribution is -0.148. The fraction of sp³-hybridized carbons (Fsp3) is 0.200. The van der Waals surface area contributed by atoms with Gasteiger partial charge in [0.25, 0.3) is 5.56 Å². The van der Waals surface area contributed by atoms with E-state index in [0.29, 0.717) is 0 Å². The molecule has 37 heavy (non-hydrogen) atoms. The largest absolute Gasteiger partial charge is 0.464 e. The summed E-state index contributed by atoms with van der Waals surface area (Å²) in [5, 5.41) is 2.84. The maximum atomic E-state index is 13.9. The molecule has 0 aliphatic rings. The van der Waals surface area contributed by atoms with Gasteiger partial charge in [-0.2, -0.15) is 0 Å². The first-order valence-corrected chi connectivity index (χ1v) is 13.7. The number of aromatic nitrogens is 2. The van der Waals surface area contributed by atoms with Gasteiger partial charge in [-0.15, -0.1) is 11.3 Å². The van der Waals surface area contributed by atoms with Crippen molar-refractivity contribution < 1.29 is 22.7 Å². The van der Waals surface area contributed by atoms with Crippen LogP contribution in [0.2, 0.25) is 0 Å². The molecule has 0 amide bonds. The lowest BCUT2D eigenvalue weighted by Gasteiger charge is -2.23. The zero-order valence-corrected chi connectivity index (χ0v) is 21.2. The normalized spacial score (nSPS) is 13.2. The minimum absolute atomic E-state index is 0.00228. The molecule has 0 fully saturated rings. The van der Waals surface area contributed by atoms with Gasteiger partial charge in [-0.25, -0.2) is 18.0 Å². The lowest BCUT2D eigenvalue weighted by Crippen LogP contribution is -2.47. The van der Waals surface area contributed by atoms with Crippen molar-refractivity contribution in [3.05, 3.63) is 97.3 Å². The van der Waals surface area contributed by atoms with E-state index in [4.69, 9.17) is 4.74 Å². The number of thiophene rings is 1. The summed E-state index contributed by atoms with van der Waals surface area (Å²) in [6.07, 6.45) is 0. The first-order chi connectivity index (χ1) is 17.7. The van der Waals surface area contributed by atoms with Crippen LogP contribution >= 0.6 is 11.3 Å². The van der Waals surface area contributed by atoms with Gasteiger partial charge in [0.1, 0.15) is 0 Å². The SMILES string of the molecule is CCOC(=O)C(NCc1cccs1)C(=O)C(c1ccccc1)S(=O)(=O)c1ccc2[nH]c(=O)[nH]c(=O)c2c1. The maximum absolute atomic E-state index is 13.9. The Morgan fingerprint density at radius 2 is 1.78 bits per heavy atom. The number of rotatable bonds is 10. The van der Waals surface area contributed by atoms with Crippen LogP contribution in [0.5, 0.6) is 0 Å². The van der Waals surface area contributed by atoms with Gasteiger partial charge in [0.15, 0.2) is 26.9 Å². The van der Waals surface area contributed by atoms with Gasteiger partial charge in [-0.1, -0.05) is 36.4 Å². The third kappa shape index (κ3) is 5.61. The number of esters is 1. The number of aromatic amines is 2. The molecule has 2 aromatic carbocycles. The maximum Gasteiger partial charge on any atom is 0.330 e. The monoisotopic (exact) mass is 541 g/mol. The predicted octanol–water partition coefficient (Wildman–Crippen LogP) is 2.08. The molecule has 10 nitrogen and oxygen atoms in total. The zero-order chi connectivity index (χ0) is 26.6. The molecule has 2 atom stereocenters. The van der Waals surface area contributed by atoms with Gasteiger partial charge in [0.2, 0.25) is 0 Å². The number of fused-ring (bicyclic) bond motifs is 1. The highest BCUT2D eigenvalue weighted by atomic mass is 32.2. The Morgan fingerprint density at radius 3 is 2.46 bits per heavy atom. The molecule has 4 rings (SSSR count). The van der Waals surface area contributed by atoms with E-state index in [1.54, 1.807) is 25.1 Å². The van der Waals surface area contributed by atoms with Crippen molar-refractivity contribution in [2.45, 2.75) is 29.7 Å². The predicted molar refractivity (Wildman–Crippen MR) is 138 cm³/mol. The summed E-state index contributed by atoms with van der Waals surface area (Å²) in [4.78, 5) is 55.6. The van der Waals surface area contributed by atoms with Crippen LogP contribution < -0.4 is 16.6 Å². The summed E-state index contributed by atoms with van der Waals surface area (Å²) in [5.74, 6) is -1.82. The standard InChI is InChI=1S/C25H23N3O7S2/c1-2-35-24(31)20(26-14-16-9-6-12-36-16)21(29)22(15-7-4-3-5-8-15)37(33,34)17-10-11-19-18(13-17)23(30)28-25(32)27-19/h3-13,20,22,26H,2,14H2,1H3,(H2,27,28,30,32). The van der Waals surface area contributed by atoms with E-state index in [2.05, 4.69) is 15.3 Å². The number of Topliss-reactive ketones (excluding diaryl/α,β-unsaturated/α-hetero) is 1. The van der Waals surface area contributed by atoms with Gasteiger partial charge in [0, 0.05) is 11.4 Å². The van der Waals surface area contributed by atoms with Crippen molar-refractivity contribution >= 4 is 43.8 Å². The van der Waals surface area contributed by atoms with Crippen molar-refractivity contribution in [2.24, 2.45) is 0 Å². The topological polar surface area (TPSA) is 155 Å². The van der Waals surface area contributed by atoms with E-state index in [0.717, 1.165) is 10.9 Å². The molecule has 0 radical (unpaired) electrons. The van der Waals surface area contributed by atoms with Gasteiger partial charge >= 0.3 is 11.7 Å². The molecule has 3 N–H and O–H groups in total. The molecule has 192 valence electrons. The molecule has 0 saturated heterocycles. The zero-order valence-electron chi connectivity index (χ0n) is 19.6. The summed E-state index contributed by atoms with van der Waals surface area (Å²) in [5.41, 5.74) is -1.23. The van der Waals surface area contributed by atoms with E-state index < -0.39 is 44.1 Å². The molecule has 0 saturated carbocycles. The average Bonchev–Trinajstić information content (AvgIpc) is 3.38. The van der Waals surface area contributed by atoms with E-state index in [9.17, 15) is 27.6 Å². The van der Waals surface area contributed by atoms with E-state index in [1.165, 1.54) is 35.6 Å². The van der Waals surface area contributed by atoms with Gasteiger partial charge < -0.3 is 9.72 Å². The number of sulfone groups is 1. The molecule has 0 aliphatic heterocycles. The molecule has 0 aliphatic carbocycles. The fourth-order valence-corrected chi connectivity index (χ4v) is 6.30. The van der Waals surface area contributed by atoms with Crippen LogP contribution in [0.3, 0.4) is 0 Å². The number of benzene rings is 2. The smallest absolute Gasteiger partial charge is 0.330 e. The number of ketones is 1. The molecule has 0 bridgehead atoms. The second-order valence-corrected chi connectivity index (χ2v) is 11.1. The minimum atomic E-state index is -4.48. The average molecular weight is 542 g/mol. The van der Waals surface area contributed by atoms with Gasteiger partial charge in [0.05, 0.1) is 22.4 Å². The molecule has 2 unspecified atom stereocenters. The van der Waals surface area contributed by atoms with E-state index in [1.807, 2.05) is 17.5 Å². The van der Waals surface area contributed by atoms with Crippen LogP contribution in [0, 0.1) is 0 Å². The quantitative estimate of drug-likeness (QED) is 0.204. The summed E-state index contributed by atoms with van der Waals surface area (Å²) in [6.45, 7) is 1.73. The third-order valence-corrected chi connectivity index (χ3v) is 8.49. The summed E-state index contributed by atoms with van der Waals surface area (Å²) in [7, 11) is -4.48. The van der Waals surface area contributed by atoms with Gasteiger partial charge in [-0.3, -0.25) is 19.9 Å². The Hall–Kier alpha value is -3.87. The Labute approximate surface area is 215 Å². The number of H-pyrrole nitrogens is 2. The highest BCUT2D eigenvalue weighted by molar-refractivity contribution is 7.92. The minimum Gasteiger partial charge on any atom is -0.464 e. The Morgan fingerprint density at radius 1 is 1.03 bits per heavy atom. The highest BCUT2D eigenvalue weighted by Crippen LogP contribution is 2.32. The molecule has 12 heteroatoms. The molecule has 0 spiro atoms. The Bertz CT molecular complexity index is 1640. The summed E-state index contributed by atoms with van der Waals surface area (Å²) >= 11 is 1.41. The van der Waals surface area contributed by atoms with Crippen LogP contribution in [0.4, 0.5) is 0 Å². The number of carbonyl (C=O) groups excluding carboxylic acids is 2. The molecule has 2 aromatic heterocycles. The number of carbonyl (C=O) groups is 2. The Kier molecular flexibility index (Phi) is 7.81. The molecular weight excluding hydrogens is 518 g/mol. The second kappa shape index (κ2) is 11.0. The van der Waals surface area contributed by atoms with E-state index >= 15 is 0 Å². The summed E-state index contributed by atoms with van der Waals surface area (Å²) in [6, 6.07) is 13.4. The van der Waals surface area contributed by atoms with Crippen LogP contribution in [0.1, 0.15) is 22.6 Å². The fourth-order valence-electron chi connectivity index (χ4n) is 3.87. The van der Waals surface area contributed by atoms with Crippen LogP contribution in [-0.2, 0) is 30.7 Å². The third-order valence-electron chi connectivity index (χ3n) is 5.58. The lowest BCUT2D eigenvalue weighted by atomic mass is 10.0. The first-order valence-electron chi connectivity index (χ1n) is 11.2. The van der Waals surface area contributed by atoms with Crippen LogP contribution in [-0.4, -0.2) is 42.8 Å². The Balaban J connectivity index is 1.81. The van der Waals surface area contributed by atoms with Crippen molar-refractivity contribution in [2.75, 3.05) is 6.61 Å². The van der Waals surface area contributed by atoms with Crippen molar-refractivity contribution in [1.29, 1.82) is 0 Å². The summed E-state index contributed by atoms with van der Waals surface area (Å²) < 4.78 is 33.0. The number of ether oxygens (including phenoxy) is 1. The van der Waals surface area contributed by atoms with Crippen molar-refractivity contribution in [3.63, 3.8) is 0 Å². The highest BCUT2D eigenvalue weighted by Gasteiger charge is 2.42.